The average molecular weight is 701 g/mol. The Hall–Kier alpha value is -3.15. The van der Waals surface area contributed by atoms with Crippen LogP contribution in [0.5, 0.6) is 0 Å². The van der Waals surface area contributed by atoms with Crippen LogP contribution in [-0.4, -0.2) is 31.6 Å². The first-order valence-corrected chi connectivity index (χ1v) is 17.8. The highest BCUT2D eigenvalue weighted by Gasteiger charge is 2.51. The molecule has 46 heavy (non-hydrogen) atoms. The zero-order valence-electron chi connectivity index (χ0n) is 23.9. The lowest BCUT2D eigenvalue weighted by Crippen LogP contribution is -2.41. The third kappa shape index (κ3) is 7.21. The lowest BCUT2D eigenvalue weighted by molar-refractivity contribution is 0.0564. The molecule has 4 rings (SSSR count). The first-order chi connectivity index (χ1) is 21.3. The number of alkyl halides is 4. The predicted octanol–water partition coefficient (Wildman–Crippen LogP) is 7.61. The number of thioether (sulfide) groups is 1. The van der Waals surface area contributed by atoms with Crippen molar-refractivity contribution in [3.05, 3.63) is 136 Å². The third-order valence-corrected chi connectivity index (χ3v) is 10.2. The van der Waals surface area contributed by atoms with E-state index < -0.39 is 54.7 Å². The van der Waals surface area contributed by atoms with Crippen LogP contribution in [0.3, 0.4) is 0 Å². The van der Waals surface area contributed by atoms with E-state index in [1.165, 1.54) is 48.2 Å². The van der Waals surface area contributed by atoms with Crippen molar-refractivity contribution in [1.82, 2.24) is 0 Å². The first kappa shape index (κ1) is 35.7. The van der Waals surface area contributed by atoms with Crippen LogP contribution in [0.1, 0.15) is 38.2 Å². The van der Waals surface area contributed by atoms with E-state index in [9.17, 15) is 35.9 Å². The Labute approximate surface area is 264 Å². The summed E-state index contributed by atoms with van der Waals surface area (Å²) in [4.78, 5) is 51.9. The highest BCUT2D eigenvalue weighted by molar-refractivity contribution is 7.98. The molecule has 0 saturated heterocycles. The van der Waals surface area contributed by atoms with Crippen LogP contribution >= 0.6 is 27.0 Å². The molecule has 4 aromatic rings. The standard InChI is InChI=1S/C31H27F5O7P2S/c1-46-27-15-13-23(14-16-27)29(28(37)22-3-2-4-26(32)17-22,18-20-5-9-24(10-6-20)30(33,34)44(38,39)40)19-21-7-11-25(12-8-21)31(35,36)45(41,42)43/h2-17H,18-19H2,1H3,(H2,38,39,40)(H2,41,42,43). The summed E-state index contributed by atoms with van der Waals surface area (Å²) in [5.74, 6) is -1.33. The molecule has 15 heteroatoms. The van der Waals surface area contributed by atoms with Gasteiger partial charge in [-0.2, -0.15) is 17.6 Å². The maximum absolute atomic E-state index is 14.5. The number of carbonyl (C=O) groups excluding carboxylic acids is 1. The molecular formula is C31H27F5O7P2S. The number of rotatable bonds is 12. The van der Waals surface area contributed by atoms with Crippen molar-refractivity contribution in [3.8, 4) is 0 Å². The van der Waals surface area contributed by atoms with E-state index in [0.717, 1.165) is 41.3 Å². The molecule has 0 unspecified atom stereocenters. The normalized spacial score (nSPS) is 13.1. The topological polar surface area (TPSA) is 132 Å². The molecule has 0 fully saturated rings. The molecule has 244 valence electrons. The molecule has 0 aliphatic rings. The molecule has 4 aromatic carbocycles. The molecule has 0 heterocycles. The summed E-state index contributed by atoms with van der Waals surface area (Å²) < 4.78 is 94.7. The summed E-state index contributed by atoms with van der Waals surface area (Å²) in [6, 6.07) is 19.6. The summed E-state index contributed by atoms with van der Waals surface area (Å²) in [6.07, 6.45) is 1.39. The van der Waals surface area contributed by atoms with E-state index in [-0.39, 0.29) is 29.5 Å². The molecule has 0 saturated carbocycles. The van der Waals surface area contributed by atoms with Gasteiger partial charge in [0.2, 0.25) is 0 Å². The van der Waals surface area contributed by atoms with E-state index in [4.69, 9.17) is 19.6 Å². The van der Waals surface area contributed by atoms with E-state index in [1.54, 1.807) is 24.3 Å². The molecule has 0 amide bonds. The minimum Gasteiger partial charge on any atom is -0.320 e. The number of hydrogen-bond acceptors (Lipinski definition) is 4. The van der Waals surface area contributed by atoms with E-state index in [1.807, 2.05) is 6.26 Å². The van der Waals surface area contributed by atoms with Gasteiger partial charge in [-0.05, 0) is 60.1 Å². The van der Waals surface area contributed by atoms with Crippen LogP contribution in [-0.2, 0) is 38.7 Å². The second kappa shape index (κ2) is 13.2. The summed E-state index contributed by atoms with van der Waals surface area (Å²) in [6.45, 7) is 0. The van der Waals surface area contributed by atoms with Gasteiger partial charge in [-0.3, -0.25) is 13.9 Å². The molecule has 0 atom stereocenters. The van der Waals surface area contributed by atoms with Crippen molar-refractivity contribution in [2.45, 2.75) is 34.5 Å². The summed E-state index contributed by atoms with van der Waals surface area (Å²) in [5.41, 5.74) is -11.6. The van der Waals surface area contributed by atoms with Crippen LogP contribution in [0.2, 0.25) is 0 Å². The van der Waals surface area contributed by atoms with Crippen molar-refractivity contribution in [2.75, 3.05) is 6.26 Å². The molecule has 0 aliphatic carbocycles. The molecule has 0 radical (unpaired) electrons. The smallest absolute Gasteiger partial charge is 0.320 e. The summed E-state index contributed by atoms with van der Waals surface area (Å²) in [5, 5.41) is 0. The van der Waals surface area contributed by atoms with Gasteiger partial charge in [-0.15, -0.1) is 11.8 Å². The number of benzene rings is 4. The van der Waals surface area contributed by atoms with Crippen LogP contribution < -0.4 is 0 Å². The fraction of sp³-hybridized carbons (Fsp3) is 0.194. The van der Waals surface area contributed by atoms with Crippen molar-refractivity contribution in [3.63, 3.8) is 0 Å². The van der Waals surface area contributed by atoms with Gasteiger partial charge in [0.1, 0.15) is 5.82 Å². The highest BCUT2D eigenvalue weighted by atomic mass is 32.2. The Morgan fingerprint density at radius 2 is 1.09 bits per heavy atom. The number of carbonyl (C=O) groups is 1. The molecule has 7 nitrogen and oxygen atoms in total. The highest BCUT2D eigenvalue weighted by Crippen LogP contribution is 2.60. The molecule has 0 aromatic heterocycles. The van der Waals surface area contributed by atoms with Crippen LogP contribution in [0, 0.1) is 5.82 Å². The minimum absolute atomic E-state index is 0.0525. The van der Waals surface area contributed by atoms with Gasteiger partial charge >= 0.3 is 26.5 Å². The minimum atomic E-state index is -5.86. The molecule has 0 spiro atoms. The van der Waals surface area contributed by atoms with E-state index in [0.29, 0.717) is 5.56 Å². The van der Waals surface area contributed by atoms with E-state index >= 15 is 0 Å². The quantitative estimate of drug-likeness (QED) is 0.0514. The van der Waals surface area contributed by atoms with Gasteiger partial charge in [0, 0.05) is 21.6 Å². The van der Waals surface area contributed by atoms with Crippen LogP contribution in [0.15, 0.2) is 102 Å². The summed E-state index contributed by atoms with van der Waals surface area (Å²) in [7, 11) is -11.7. The Morgan fingerprint density at radius 1 is 0.674 bits per heavy atom. The Bertz CT molecular complexity index is 1730. The molecule has 4 N–H and O–H groups in total. The second-order valence-corrected chi connectivity index (χ2v) is 14.7. The fourth-order valence-corrected chi connectivity index (χ4v) is 6.43. The van der Waals surface area contributed by atoms with Crippen molar-refractivity contribution in [2.24, 2.45) is 0 Å². The molecule has 0 aliphatic heterocycles. The van der Waals surface area contributed by atoms with Gasteiger partial charge in [0.15, 0.2) is 5.78 Å². The first-order valence-electron chi connectivity index (χ1n) is 13.3. The van der Waals surface area contributed by atoms with Crippen molar-refractivity contribution < 1.29 is 55.5 Å². The molecule has 0 bridgehead atoms. The lowest BCUT2D eigenvalue weighted by Gasteiger charge is -2.34. The Kier molecular flexibility index (Phi) is 10.2. The van der Waals surface area contributed by atoms with Crippen molar-refractivity contribution >= 4 is 32.7 Å². The largest absolute Gasteiger partial charge is 0.399 e. The second-order valence-electron chi connectivity index (χ2n) is 10.6. The van der Waals surface area contributed by atoms with Gasteiger partial charge in [0.25, 0.3) is 0 Å². The number of halogens is 5. The maximum Gasteiger partial charge on any atom is 0.399 e. The number of Topliss-reactive ketones (excluding diaryl/α,β-unsaturated/α-hetero) is 1. The van der Waals surface area contributed by atoms with Gasteiger partial charge in [-0.1, -0.05) is 72.8 Å². The summed E-state index contributed by atoms with van der Waals surface area (Å²) >= 11 is 1.41. The van der Waals surface area contributed by atoms with Crippen molar-refractivity contribution in [1.29, 1.82) is 0 Å². The Balaban J connectivity index is 1.90. The number of ketones is 1. The molecular weight excluding hydrogens is 673 g/mol. The fourth-order valence-electron chi connectivity index (χ4n) is 5.05. The van der Waals surface area contributed by atoms with Gasteiger partial charge in [0.05, 0.1) is 5.41 Å². The zero-order chi connectivity index (χ0) is 34.1. The SMILES string of the molecule is CSc1ccc(C(Cc2ccc(C(F)(F)P(=O)(O)O)cc2)(Cc2ccc(C(F)(F)P(=O)(O)O)cc2)C(=O)c2cccc(F)c2)cc1. The van der Waals surface area contributed by atoms with Gasteiger partial charge in [-0.25, -0.2) is 4.39 Å². The van der Waals surface area contributed by atoms with E-state index in [2.05, 4.69) is 0 Å². The maximum atomic E-state index is 14.5. The number of hydrogen-bond donors (Lipinski definition) is 4. The average Bonchev–Trinajstić information content (AvgIpc) is 3.00. The van der Waals surface area contributed by atoms with Crippen LogP contribution in [0.25, 0.3) is 0 Å². The zero-order valence-corrected chi connectivity index (χ0v) is 26.5. The third-order valence-electron chi connectivity index (χ3n) is 7.51. The van der Waals surface area contributed by atoms with Crippen LogP contribution in [0.4, 0.5) is 22.0 Å². The lowest BCUT2D eigenvalue weighted by atomic mass is 9.67. The Morgan fingerprint density at radius 3 is 1.46 bits per heavy atom. The monoisotopic (exact) mass is 700 g/mol. The van der Waals surface area contributed by atoms with Gasteiger partial charge < -0.3 is 19.6 Å². The predicted molar refractivity (Wildman–Crippen MR) is 163 cm³/mol.